The van der Waals surface area contributed by atoms with E-state index in [4.69, 9.17) is 5.73 Å². The normalized spacial score (nSPS) is 11.3. The molecule has 106 valence electrons. The molecule has 0 aliphatic rings. The number of nitrogens with zero attached hydrogens (tertiary/aromatic N) is 3. The fourth-order valence-electron chi connectivity index (χ4n) is 1.97. The van der Waals surface area contributed by atoms with E-state index in [2.05, 4.69) is 48.1 Å². The fraction of sp³-hybridized carbons (Fsp3) is 0.615. The molecule has 0 radical (unpaired) electrons. The third-order valence-corrected chi connectivity index (χ3v) is 2.90. The van der Waals surface area contributed by atoms with Gasteiger partial charge in [0, 0.05) is 25.2 Å². The molecule has 1 heterocycles. The van der Waals surface area contributed by atoms with E-state index in [1.807, 2.05) is 0 Å². The van der Waals surface area contributed by atoms with Crippen LogP contribution in [-0.4, -0.2) is 46.2 Å². The summed E-state index contributed by atoms with van der Waals surface area (Å²) in [5.74, 6) is 0.0855. The first-order chi connectivity index (χ1) is 8.91. The van der Waals surface area contributed by atoms with Gasteiger partial charge in [-0.3, -0.25) is 9.69 Å². The minimum atomic E-state index is -0.222. The zero-order chi connectivity index (χ0) is 14.4. The van der Waals surface area contributed by atoms with Crippen LogP contribution in [0.5, 0.6) is 0 Å². The van der Waals surface area contributed by atoms with Crippen LogP contribution in [-0.2, 0) is 0 Å². The lowest BCUT2D eigenvalue weighted by molar-refractivity contribution is 0.0933. The molecule has 0 fully saturated rings. The van der Waals surface area contributed by atoms with Gasteiger partial charge in [-0.05, 0) is 39.8 Å². The first kappa shape index (κ1) is 15.4. The molecule has 0 atom stereocenters. The average molecular weight is 265 g/mol. The molecule has 6 nitrogen and oxygen atoms in total. The molecule has 19 heavy (non-hydrogen) atoms. The molecule has 0 aliphatic carbocycles. The first-order valence-electron chi connectivity index (χ1n) is 6.55. The molecule has 1 amide bonds. The molecule has 0 saturated heterocycles. The molecule has 0 saturated carbocycles. The van der Waals surface area contributed by atoms with E-state index in [1.54, 1.807) is 12.1 Å². The third kappa shape index (κ3) is 4.82. The van der Waals surface area contributed by atoms with E-state index in [0.29, 0.717) is 24.4 Å². The largest absolute Gasteiger partial charge is 0.382 e. The van der Waals surface area contributed by atoms with Crippen LogP contribution in [0.3, 0.4) is 0 Å². The highest BCUT2D eigenvalue weighted by atomic mass is 16.1. The van der Waals surface area contributed by atoms with E-state index < -0.39 is 0 Å². The number of nitrogens with one attached hydrogen (secondary N) is 1. The maximum Gasteiger partial charge on any atom is 0.271 e. The lowest BCUT2D eigenvalue weighted by Crippen LogP contribution is -2.42. The minimum absolute atomic E-state index is 0.222. The number of rotatable bonds is 6. The van der Waals surface area contributed by atoms with Crippen molar-refractivity contribution in [3.8, 4) is 0 Å². The first-order valence-corrected chi connectivity index (χ1v) is 6.55. The molecule has 0 aromatic carbocycles. The Labute approximate surface area is 114 Å². The molecule has 6 heteroatoms. The van der Waals surface area contributed by atoms with E-state index >= 15 is 0 Å². The zero-order valence-corrected chi connectivity index (χ0v) is 12.1. The Morgan fingerprint density at radius 2 is 1.89 bits per heavy atom. The summed E-state index contributed by atoms with van der Waals surface area (Å²) in [6, 6.07) is 4.04. The van der Waals surface area contributed by atoms with Gasteiger partial charge in [-0.25, -0.2) is 0 Å². The minimum Gasteiger partial charge on any atom is -0.382 e. The van der Waals surface area contributed by atoms with Crippen LogP contribution in [0.4, 0.5) is 5.82 Å². The molecule has 1 rings (SSSR count). The Kier molecular flexibility index (Phi) is 5.69. The molecule has 0 bridgehead atoms. The number of carbonyl (C=O) groups is 1. The summed E-state index contributed by atoms with van der Waals surface area (Å²) in [4.78, 5) is 14.1. The van der Waals surface area contributed by atoms with Gasteiger partial charge in [-0.1, -0.05) is 0 Å². The Balaban J connectivity index is 2.44. The van der Waals surface area contributed by atoms with E-state index in [-0.39, 0.29) is 11.6 Å². The third-order valence-electron chi connectivity index (χ3n) is 2.90. The smallest absolute Gasteiger partial charge is 0.271 e. The van der Waals surface area contributed by atoms with Crippen molar-refractivity contribution in [2.75, 3.05) is 18.8 Å². The number of nitrogens with two attached hydrogens (primary N) is 1. The van der Waals surface area contributed by atoms with Crippen LogP contribution in [0.15, 0.2) is 12.1 Å². The highest BCUT2D eigenvalue weighted by Crippen LogP contribution is 2.03. The number of nitrogen functional groups attached to an aromatic ring is 1. The van der Waals surface area contributed by atoms with Gasteiger partial charge >= 0.3 is 0 Å². The van der Waals surface area contributed by atoms with Crippen LogP contribution < -0.4 is 11.1 Å². The fourth-order valence-corrected chi connectivity index (χ4v) is 1.97. The van der Waals surface area contributed by atoms with Gasteiger partial charge in [-0.2, -0.15) is 0 Å². The van der Waals surface area contributed by atoms with Crippen LogP contribution in [0.25, 0.3) is 0 Å². The highest BCUT2D eigenvalue weighted by molar-refractivity contribution is 5.92. The summed E-state index contributed by atoms with van der Waals surface area (Å²) in [6.07, 6.45) is 0. The summed E-state index contributed by atoms with van der Waals surface area (Å²) in [5, 5.41) is 10.2. The van der Waals surface area contributed by atoms with Crippen molar-refractivity contribution < 1.29 is 4.79 Å². The Bertz CT molecular complexity index is 394. The second-order valence-corrected chi connectivity index (χ2v) is 5.02. The number of aromatic nitrogens is 2. The van der Waals surface area contributed by atoms with Crippen LogP contribution >= 0.6 is 0 Å². The van der Waals surface area contributed by atoms with Crippen molar-refractivity contribution in [2.24, 2.45) is 0 Å². The molecular formula is C13H23N5O. The standard InChI is InChI=1S/C13H23N5O/c1-9(2)18(10(3)4)8-7-15-13(19)11-5-6-12(14)17-16-11/h5-6,9-10H,7-8H2,1-4H3,(H2,14,17)(H,15,19). The lowest BCUT2D eigenvalue weighted by Gasteiger charge is -2.30. The van der Waals surface area contributed by atoms with Crippen LogP contribution in [0.1, 0.15) is 38.2 Å². The van der Waals surface area contributed by atoms with Gasteiger partial charge in [-0.15, -0.1) is 10.2 Å². The Hall–Kier alpha value is -1.69. The highest BCUT2D eigenvalue weighted by Gasteiger charge is 2.13. The second-order valence-electron chi connectivity index (χ2n) is 5.02. The molecule has 0 unspecified atom stereocenters. The Morgan fingerprint density at radius 1 is 1.26 bits per heavy atom. The van der Waals surface area contributed by atoms with Crippen molar-refractivity contribution in [3.05, 3.63) is 17.8 Å². The summed E-state index contributed by atoms with van der Waals surface area (Å²) >= 11 is 0. The van der Waals surface area contributed by atoms with Gasteiger partial charge in [0.05, 0.1) is 0 Å². The van der Waals surface area contributed by atoms with E-state index in [1.165, 1.54) is 0 Å². The molecule has 1 aromatic rings. The number of anilines is 1. The molecule has 0 aliphatic heterocycles. The second kappa shape index (κ2) is 7.04. The number of hydrogen-bond donors (Lipinski definition) is 2. The zero-order valence-electron chi connectivity index (χ0n) is 12.1. The van der Waals surface area contributed by atoms with Gasteiger partial charge in [0.1, 0.15) is 5.82 Å². The molecular weight excluding hydrogens is 242 g/mol. The molecule has 1 aromatic heterocycles. The molecule has 0 spiro atoms. The molecule has 3 N–H and O–H groups in total. The van der Waals surface area contributed by atoms with Gasteiger partial charge in [0.2, 0.25) is 0 Å². The lowest BCUT2D eigenvalue weighted by atomic mass is 10.2. The number of hydrogen-bond acceptors (Lipinski definition) is 5. The van der Waals surface area contributed by atoms with Crippen LogP contribution in [0, 0.1) is 0 Å². The Morgan fingerprint density at radius 3 is 2.37 bits per heavy atom. The van der Waals surface area contributed by atoms with Gasteiger partial charge in [0.15, 0.2) is 5.69 Å². The van der Waals surface area contributed by atoms with Crippen molar-refractivity contribution in [1.29, 1.82) is 0 Å². The van der Waals surface area contributed by atoms with E-state index in [0.717, 1.165) is 6.54 Å². The topological polar surface area (TPSA) is 84.1 Å². The number of carbonyl (C=O) groups excluding carboxylic acids is 1. The quantitative estimate of drug-likeness (QED) is 0.798. The maximum atomic E-state index is 11.8. The van der Waals surface area contributed by atoms with Crippen LogP contribution in [0.2, 0.25) is 0 Å². The van der Waals surface area contributed by atoms with Crippen molar-refractivity contribution in [1.82, 2.24) is 20.4 Å². The van der Waals surface area contributed by atoms with Gasteiger partial charge < -0.3 is 11.1 Å². The summed E-state index contributed by atoms with van der Waals surface area (Å²) in [7, 11) is 0. The monoisotopic (exact) mass is 265 g/mol. The predicted octanol–water partition coefficient (Wildman–Crippen LogP) is 0.907. The summed E-state index contributed by atoms with van der Waals surface area (Å²) in [5.41, 5.74) is 5.71. The SMILES string of the molecule is CC(C)N(CCNC(=O)c1ccc(N)nn1)C(C)C. The van der Waals surface area contributed by atoms with E-state index in [9.17, 15) is 4.79 Å². The predicted molar refractivity (Wildman–Crippen MR) is 75.8 cm³/mol. The summed E-state index contributed by atoms with van der Waals surface area (Å²) in [6.45, 7) is 9.98. The van der Waals surface area contributed by atoms with Crippen molar-refractivity contribution in [3.63, 3.8) is 0 Å². The summed E-state index contributed by atoms with van der Waals surface area (Å²) < 4.78 is 0. The van der Waals surface area contributed by atoms with Crippen molar-refractivity contribution >= 4 is 11.7 Å². The van der Waals surface area contributed by atoms with Gasteiger partial charge in [0.25, 0.3) is 5.91 Å². The average Bonchev–Trinajstić information content (AvgIpc) is 2.34. The van der Waals surface area contributed by atoms with Crippen molar-refractivity contribution in [2.45, 2.75) is 39.8 Å². The maximum absolute atomic E-state index is 11.8. The number of amides is 1.